The largest absolute Gasteiger partial charge is 0.484 e. The lowest BCUT2D eigenvalue weighted by atomic mass is 10.3. The molecule has 0 bridgehead atoms. The molecule has 0 fully saturated rings. The normalized spacial score (nSPS) is 11.7. The molecule has 0 aliphatic heterocycles. The summed E-state index contributed by atoms with van der Waals surface area (Å²) in [5.41, 5.74) is 0.664. The Bertz CT molecular complexity index is 945. The molecule has 3 rings (SSSR count). The van der Waals surface area contributed by atoms with Crippen LogP contribution in [0.2, 0.25) is 0 Å². The maximum Gasteiger partial charge on any atom is 0.422 e. The number of aromatic amines is 1. The van der Waals surface area contributed by atoms with Gasteiger partial charge in [-0.2, -0.15) is 18.2 Å². The summed E-state index contributed by atoms with van der Waals surface area (Å²) in [5, 5.41) is 3.52. The van der Waals surface area contributed by atoms with E-state index in [-0.39, 0.29) is 11.3 Å². The minimum absolute atomic E-state index is 0.0675. The molecule has 138 valence electrons. The number of ether oxygens (including phenoxy) is 1. The molecule has 2 N–H and O–H groups in total. The van der Waals surface area contributed by atoms with Gasteiger partial charge in [-0.1, -0.05) is 6.92 Å². The van der Waals surface area contributed by atoms with E-state index in [9.17, 15) is 18.0 Å². The Hall–Kier alpha value is -2.97. The Morgan fingerprint density at radius 1 is 1.23 bits per heavy atom. The second-order valence-electron chi connectivity index (χ2n) is 5.64. The van der Waals surface area contributed by atoms with Crippen LogP contribution in [0.25, 0.3) is 16.7 Å². The van der Waals surface area contributed by atoms with E-state index < -0.39 is 12.8 Å². The molecule has 0 radical (unpaired) electrons. The molecule has 6 nitrogen and oxygen atoms in total. The van der Waals surface area contributed by atoms with Gasteiger partial charge in [0.25, 0.3) is 5.56 Å². The zero-order valence-corrected chi connectivity index (χ0v) is 13.9. The van der Waals surface area contributed by atoms with Crippen LogP contribution in [0, 0.1) is 0 Å². The fourth-order valence-corrected chi connectivity index (χ4v) is 2.45. The highest BCUT2D eigenvalue weighted by Crippen LogP contribution is 2.21. The van der Waals surface area contributed by atoms with Crippen molar-refractivity contribution in [1.29, 1.82) is 0 Å². The Balaban J connectivity index is 1.98. The number of halogens is 3. The molecular formula is C17H17F3N4O2. The van der Waals surface area contributed by atoms with Gasteiger partial charge in [0.2, 0.25) is 5.95 Å². The third-order valence-electron chi connectivity index (χ3n) is 3.62. The van der Waals surface area contributed by atoms with Crippen LogP contribution in [0.1, 0.15) is 13.3 Å². The number of benzene rings is 1. The smallest absolute Gasteiger partial charge is 0.422 e. The average Bonchev–Trinajstić information content (AvgIpc) is 3.07. The summed E-state index contributed by atoms with van der Waals surface area (Å²) in [4.78, 5) is 20.1. The number of anilines is 1. The lowest BCUT2D eigenvalue weighted by Gasteiger charge is -2.14. The van der Waals surface area contributed by atoms with Crippen molar-refractivity contribution < 1.29 is 17.9 Å². The van der Waals surface area contributed by atoms with Crippen LogP contribution in [-0.4, -0.2) is 33.9 Å². The third kappa shape index (κ3) is 3.81. The number of nitrogens with zero attached hydrogens (tertiary/aromatic N) is 2. The molecule has 9 heteroatoms. The van der Waals surface area contributed by atoms with Crippen molar-refractivity contribution in [2.75, 3.05) is 18.5 Å². The number of hydrogen-bond donors (Lipinski definition) is 2. The van der Waals surface area contributed by atoms with Gasteiger partial charge >= 0.3 is 6.18 Å². The summed E-state index contributed by atoms with van der Waals surface area (Å²) in [6.45, 7) is 1.23. The highest BCUT2D eigenvalue weighted by atomic mass is 19.4. The van der Waals surface area contributed by atoms with Gasteiger partial charge in [-0.15, -0.1) is 0 Å². The second-order valence-corrected chi connectivity index (χ2v) is 5.64. The maximum absolute atomic E-state index is 12.8. The van der Waals surface area contributed by atoms with Crippen LogP contribution >= 0.6 is 0 Å². The van der Waals surface area contributed by atoms with Crippen LogP contribution in [0.3, 0.4) is 0 Å². The molecule has 0 saturated carbocycles. The molecule has 0 saturated heterocycles. The fraction of sp³-hybridized carbons (Fsp3) is 0.294. The number of fused-ring (bicyclic) bond motifs is 1. The Morgan fingerprint density at radius 2 is 1.96 bits per heavy atom. The number of nitrogens with one attached hydrogen (secondary N) is 2. The van der Waals surface area contributed by atoms with Crippen molar-refractivity contribution in [1.82, 2.24) is 14.5 Å². The van der Waals surface area contributed by atoms with Crippen molar-refractivity contribution in [3.63, 3.8) is 0 Å². The topological polar surface area (TPSA) is 71.9 Å². The monoisotopic (exact) mass is 366 g/mol. The summed E-state index contributed by atoms with van der Waals surface area (Å²) >= 11 is 0. The maximum atomic E-state index is 12.8. The summed E-state index contributed by atoms with van der Waals surface area (Å²) in [7, 11) is 0. The van der Waals surface area contributed by atoms with Gasteiger partial charge in [-0.3, -0.25) is 4.79 Å². The van der Waals surface area contributed by atoms with E-state index in [0.717, 1.165) is 6.42 Å². The minimum atomic E-state index is -4.41. The zero-order chi connectivity index (χ0) is 18.7. The van der Waals surface area contributed by atoms with Crippen molar-refractivity contribution >= 4 is 17.0 Å². The van der Waals surface area contributed by atoms with Gasteiger partial charge in [0.05, 0.1) is 11.1 Å². The van der Waals surface area contributed by atoms with E-state index >= 15 is 0 Å². The minimum Gasteiger partial charge on any atom is -0.484 e. The predicted octanol–water partition coefficient (Wildman–Crippen LogP) is 3.48. The molecule has 0 spiro atoms. The number of H-pyrrole nitrogens is 1. The summed E-state index contributed by atoms with van der Waals surface area (Å²) in [6, 6.07) is 7.44. The molecule has 0 aliphatic rings. The average molecular weight is 366 g/mol. The highest BCUT2D eigenvalue weighted by molar-refractivity contribution is 5.76. The number of aromatic nitrogens is 3. The Morgan fingerprint density at radius 3 is 2.62 bits per heavy atom. The summed E-state index contributed by atoms with van der Waals surface area (Å²) in [6.07, 6.45) is -1.94. The Labute approximate surface area is 146 Å². The van der Waals surface area contributed by atoms with E-state index in [1.54, 1.807) is 12.3 Å². The molecular weight excluding hydrogens is 349 g/mol. The van der Waals surface area contributed by atoms with Gasteiger partial charge in [-0.25, -0.2) is 4.57 Å². The van der Waals surface area contributed by atoms with E-state index in [1.807, 2.05) is 6.92 Å². The summed E-state index contributed by atoms with van der Waals surface area (Å²) < 4.78 is 42.8. The fourth-order valence-electron chi connectivity index (χ4n) is 2.45. The number of hydrogen-bond acceptors (Lipinski definition) is 4. The van der Waals surface area contributed by atoms with Gasteiger partial charge in [0, 0.05) is 12.7 Å². The van der Waals surface area contributed by atoms with E-state index in [2.05, 4.69) is 15.3 Å². The molecule has 26 heavy (non-hydrogen) atoms. The van der Waals surface area contributed by atoms with E-state index in [4.69, 9.17) is 4.74 Å². The molecule has 0 atom stereocenters. The number of rotatable bonds is 6. The van der Waals surface area contributed by atoms with Crippen LogP contribution in [0.5, 0.6) is 5.75 Å². The summed E-state index contributed by atoms with van der Waals surface area (Å²) in [5.74, 6) is 0.425. The highest BCUT2D eigenvalue weighted by Gasteiger charge is 2.28. The first-order valence-electron chi connectivity index (χ1n) is 8.03. The van der Waals surface area contributed by atoms with Gasteiger partial charge in [0.1, 0.15) is 11.4 Å². The van der Waals surface area contributed by atoms with E-state index in [0.29, 0.717) is 29.2 Å². The molecule has 3 aromatic rings. The molecule has 2 heterocycles. The molecule has 1 aromatic carbocycles. The first-order valence-corrected chi connectivity index (χ1v) is 8.03. The van der Waals surface area contributed by atoms with Crippen LogP contribution in [-0.2, 0) is 0 Å². The zero-order valence-electron chi connectivity index (χ0n) is 13.9. The Kier molecular flexibility index (Phi) is 4.88. The first kappa shape index (κ1) is 17.8. The van der Waals surface area contributed by atoms with Gasteiger partial charge in [-0.05, 0) is 36.8 Å². The van der Waals surface area contributed by atoms with Crippen LogP contribution in [0.15, 0.2) is 41.3 Å². The lowest BCUT2D eigenvalue weighted by Crippen LogP contribution is -2.24. The van der Waals surface area contributed by atoms with Crippen molar-refractivity contribution in [3.05, 3.63) is 46.9 Å². The third-order valence-corrected chi connectivity index (χ3v) is 3.62. The molecule has 0 unspecified atom stereocenters. The van der Waals surface area contributed by atoms with Crippen molar-refractivity contribution in [2.45, 2.75) is 19.5 Å². The lowest BCUT2D eigenvalue weighted by molar-refractivity contribution is -0.153. The van der Waals surface area contributed by atoms with Crippen LogP contribution in [0.4, 0.5) is 19.1 Å². The quantitative estimate of drug-likeness (QED) is 0.701. The SMILES string of the molecule is CCCNc1nc2[nH]ccc2c(=O)n1-c1ccc(OCC(F)(F)F)cc1. The molecule has 2 aromatic heterocycles. The predicted molar refractivity (Wildman–Crippen MR) is 92.0 cm³/mol. The second kappa shape index (κ2) is 7.11. The first-order chi connectivity index (χ1) is 12.4. The van der Waals surface area contributed by atoms with Crippen molar-refractivity contribution in [3.8, 4) is 11.4 Å². The van der Waals surface area contributed by atoms with Gasteiger partial charge in [0.15, 0.2) is 6.61 Å². The van der Waals surface area contributed by atoms with E-state index in [1.165, 1.54) is 28.8 Å². The van der Waals surface area contributed by atoms with Gasteiger partial charge < -0.3 is 15.0 Å². The number of alkyl halides is 3. The molecule has 0 aliphatic carbocycles. The van der Waals surface area contributed by atoms with Crippen LogP contribution < -0.4 is 15.6 Å². The molecule has 0 amide bonds. The van der Waals surface area contributed by atoms with Crippen molar-refractivity contribution in [2.24, 2.45) is 0 Å². The standard InChI is InChI=1S/C17H17F3N4O2/c1-2-8-22-16-23-14-13(7-9-21-14)15(25)24(16)11-3-5-12(6-4-11)26-10-17(18,19)20/h3-7,9,21H,2,8,10H2,1H3,(H,22,23).